The zero-order valence-corrected chi connectivity index (χ0v) is 11.7. The molecule has 2 aromatic carbocycles. The maximum absolute atomic E-state index is 6.27. The van der Waals surface area contributed by atoms with Gasteiger partial charge in [0.1, 0.15) is 0 Å². The summed E-state index contributed by atoms with van der Waals surface area (Å²) in [5.41, 5.74) is 9.41. The molecule has 0 saturated carbocycles. The van der Waals surface area contributed by atoms with Crippen molar-refractivity contribution in [3.05, 3.63) is 52.0 Å². The average molecular weight is 292 g/mol. The zero-order valence-electron chi connectivity index (χ0n) is 10.2. The second-order valence-electron chi connectivity index (χ2n) is 4.37. The number of rotatable bonds is 1. The van der Waals surface area contributed by atoms with Gasteiger partial charge in [-0.2, -0.15) is 0 Å². The number of nitrogens with two attached hydrogens (primary N) is 1. The number of aromatic nitrogens is 2. The van der Waals surface area contributed by atoms with Gasteiger partial charge in [0.15, 0.2) is 0 Å². The van der Waals surface area contributed by atoms with E-state index in [1.165, 1.54) is 0 Å². The molecule has 3 aromatic rings. The summed E-state index contributed by atoms with van der Waals surface area (Å²) in [5.74, 6) is 0.371. The molecule has 3 nitrogen and oxygen atoms in total. The molecule has 2 N–H and O–H groups in total. The van der Waals surface area contributed by atoms with E-state index in [4.69, 9.17) is 28.9 Å². The van der Waals surface area contributed by atoms with Crippen LogP contribution in [0.4, 0.5) is 5.95 Å². The van der Waals surface area contributed by atoms with Crippen LogP contribution in [0.2, 0.25) is 10.0 Å². The van der Waals surface area contributed by atoms with Gasteiger partial charge in [0.2, 0.25) is 5.95 Å². The first kappa shape index (κ1) is 12.3. The van der Waals surface area contributed by atoms with Gasteiger partial charge in [0.05, 0.1) is 26.8 Å². The van der Waals surface area contributed by atoms with Crippen molar-refractivity contribution in [2.75, 3.05) is 5.73 Å². The number of halogens is 2. The van der Waals surface area contributed by atoms with Crippen LogP contribution in [-0.4, -0.2) is 9.55 Å². The lowest BCUT2D eigenvalue weighted by atomic mass is 10.2. The van der Waals surface area contributed by atoms with Crippen LogP contribution in [0.25, 0.3) is 16.7 Å². The Balaban J connectivity index is 2.42. The van der Waals surface area contributed by atoms with E-state index in [1.807, 2.05) is 43.3 Å². The molecule has 0 bridgehead atoms. The average Bonchev–Trinajstić information content (AvgIpc) is 2.70. The molecule has 3 rings (SSSR count). The van der Waals surface area contributed by atoms with E-state index in [0.29, 0.717) is 16.0 Å². The predicted molar refractivity (Wildman–Crippen MR) is 80.2 cm³/mol. The summed E-state index contributed by atoms with van der Waals surface area (Å²) in [6, 6.07) is 11.3. The molecular weight excluding hydrogens is 281 g/mol. The highest BCUT2D eigenvalue weighted by atomic mass is 35.5. The number of imidazole rings is 1. The fraction of sp³-hybridized carbons (Fsp3) is 0.0714. The van der Waals surface area contributed by atoms with Gasteiger partial charge >= 0.3 is 0 Å². The highest BCUT2D eigenvalue weighted by Crippen LogP contribution is 2.32. The van der Waals surface area contributed by atoms with E-state index in [1.54, 1.807) is 4.57 Å². The zero-order chi connectivity index (χ0) is 13.6. The quantitative estimate of drug-likeness (QED) is 0.729. The minimum Gasteiger partial charge on any atom is -0.369 e. The smallest absolute Gasteiger partial charge is 0.206 e. The van der Waals surface area contributed by atoms with Gasteiger partial charge in [0.25, 0.3) is 0 Å². The lowest BCUT2D eigenvalue weighted by molar-refractivity contribution is 1.10. The Morgan fingerprint density at radius 3 is 2.68 bits per heavy atom. The van der Waals surface area contributed by atoms with Gasteiger partial charge in [-0.15, -0.1) is 0 Å². The number of nitrogen functional groups attached to an aromatic ring is 1. The number of para-hydroxylation sites is 1. The van der Waals surface area contributed by atoms with Crippen molar-refractivity contribution in [2.24, 2.45) is 0 Å². The third-order valence-electron chi connectivity index (χ3n) is 3.00. The Morgan fingerprint density at radius 2 is 1.89 bits per heavy atom. The van der Waals surface area contributed by atoms with E-state index < -0.39 is 0 Å². The van der Waals surface area contributed by atoms with Crippen molar-refractivity contribution in [1.82, 2.24) is 9.55 Å². The first-order chi connectivity index (χ1) is 9.08. The van der Waals surface area contributed by atoms with Crippen LogP contribution in [0, 0.1) is 6.92 Å². The number of aryl methyl sites for hydroxylation is 1. The van der Waals surface area contributed by atoms with Gasteiger partial charge in [-0.1, -0.05) is 35.3 Å². The van der Waals surface area contributed by atoms with Crippen LogP contribution >= 0.6 is 23.2 Å². The highest BCUT2D eigenvalue weighted by Gasteiger charge is 2.15. The number of hydrogen-bond acceptors (Lipinski definition) is 2. The fourth-order valence-corrected chi connectivity index (χ4v) is 2.60. The second kappa shape index (κ2) is 4.44. The normalized spacial score (nSPS) is 11.1. The van der Waals surface area contributed by atoms with Crippen LogP contribution in [0.3, 0.4) is 0 Å². The molecule has 0 amide bonds. The summed E-state index contributed by atoms with van der Waals surface area (Å²) in [6.45, 7) is 2.00. The maximum atomic E-state index is 6.27. The molecule has 0 spiro atoms. The van der Waals surface area contributed by atoms with E-state index in [2.05, 4.69) is 4.98 Å². The number of anilines is 1. The van der Waals surface area contributed by atoms with E-state index in [9.17, 15) is 0 Å². The van der Waals surface area contributed by atoms with Crippen LogP contribution in [0.15, 0.2) is 36.4 Å². The fourth-order valence-electron chi connectivity index (χ4n) is 2.14. The molecule has 96 valence electrons. The summed E-state index contributed by atoms with van der Waals surface area (Å²) in [5, 5.41) is 1.20. The molecule has 0 fully saturated rings. The van der Waals surface area contributed by atoms with Crippen molar-refractivity contribution < 1.29 is 0 Å². The van der Waals surface area contributed by atoms with Crippen LogP contribution < -0.4 is 5.73 Å². The Labute approximate surface area is 120 Å². The molecule has 19 heavy (non-hydrogen) atoms. The molecule has 1 aromatic heterocycles. The summed E-state index contributed by atoms with van der Waals surface area (Å²) >= 11 is 12.5. The largest absolute Gasteiger partial charge is 0.369 e. The number of fused-ring (bicyclic) bond motifs is 1. The lowest BCUT2D eigenvalue weighted by Crippen LogP contribution is -2.02. The SMILES string of the molecule is Cc1ccc(Cl)c(-n2c(N)nc3cccc(Cl)c32)c1. The number of hydrogen-bond donors (Lipinski definition) is 1. The molecule has 0 unspecified atom stereocenters. The molecule has 0 radical (unpaired) electrons. The maximum Gasteiger partial charge on any atom is 0.206 e. The first-order valence-corrected chi connectivity index (χ1v) is 6.52. The molecule has 0 atom stereocenters. The molecule has 0 aliphatic rings. The van der Waals surface area contributed by atoms with E-state index in [0.717, 1.165) is 22.3 Å². The minimum absolute atomic E-state index is 0.371. The third kappa shape index (κ3) is 1.95. The molecule has 0 saturated heterocycles. The summed E-state index contributed by atoms with van der Waals surface area (Å²) in [6.07, 6.45) is 0. The van der Waals surface area contributed by atoms with E-state index in [-0.39, 0.29) is 0 Å². The standard InChI is InChI=1S/C14H11Cl2N3/c1-8-5-6-9(15)12(7-8)19-13-10(16)3-2-4-11(13)18-14(19)17/h2-7H,1H3,(H2,17,18). The molecule has 0 aliphatic carbocycles. The van der Waals surface area contributed by atoms with Crippen molar-refractivity contribution in [2.45, 2.75) is 6.92 Å². The molecule has 0 aliphatic heterocycles. The van der Waals surface area contributed by atoms with Crippen molar-refractivity contribution >= 4 is 40.2 Å². The Morgan fingerprint density at radius 1 is 1.11 bits per heavy atom. The second-order valence-corrected chi connectivity index (χ2v) is 5.18. The van der Waals surface area contributed by atoms with Gasteiger partial charge in [-0.3, -0.25) is 4.57 Å². The molecule has 1 heterocycles. The van der Waals surface area contributed by atoms with Crippen LogP contribution in [-0.2, 0) is 0 Å². The topological polar surface area (TPSA) is 43.8 Å². The van der Waals surface area contributed by atoms with Gasteiger partial charge < -0.3 is 5.73 Å². The summed E-state index contributed by atoms with van der Waals surface area (Å²) < 4.78 is 1.78. The van der Waals surface area contributed by atoms with Gasteiger partial charge in [-0.05, 0) is 36.8 Å². The summed E-state index contributed by atoms with van der Waals surface area (Å²) in [4.78, 5) is 4.32. The summed E-state index contributed by atoms with van der Waals surface area (Å²) in [7, 11) is 0. The third-order valence-corrected chi connectivity index (χ3v) is 3.62. The van der Waals surface area contributed by atoms with Crippen molar-refractivity contribution in [3.63, 3.8) is 0 Å². The lowest BCUT2D eigenvalue weighted by Gasteiger charge is -2.10. The number of benzene rings is 2. The Kier molecular flexibility index (Phi) is 2.88. The van der Waals surface area contributed by atoms with Gasteiger partial charge in [0, 0.05) is 0 Å². The van der Waals surface area contributed by atoms with E-state index >= 15 is 0 Å². The minimum atomic E-state index is 0.371. The van der Waals surface area contributed by atoms with Crippen LogP contribution in [0.1, 0.15) is 5.56 Å². The molecular formula is C14H11Cl2N3. The first-order valence-electron chi connectivity index (χ1n) is 5.77. The van der Waals surface area contributed by atoms with Crippen LogP contribution in [0.5, 0.6) is 0 Å². The Hall–Kier alpha value is -1.71. The Bertz CT molecular complexity index is 778. The number of nitrogens with zero attached hydrogens (tertiary/aromatic N) is 2. The monoisotopic (exact) mass is 291 g/mol. The van der Waals surface area contributed by atoms with Gasteiger partial charge in [-0.25, -0.2) is 4.98 Å². The predicted octanol–water partition coefficient (Wildman–Crippen LogP) is 4.22. The molecule has 5 heteroatoms. The van der Waals surface area contributed by atoms with Crippen molar-refractivity contribution in [3.8, 4) is 5.69 Å². The highest BCUT2D eigenvalue weighted by molar-refractivity contribution is 6.35. The van der Waals surface area contributed by atoms with Crippen molar-refractivity contribution in [1.29, 1.82) is 0 Å².